The average molecular weight is 665 g/mol. The van der Waals surface area contributed by atoms with Gasteiger partial charge in [-0.2, -0.15) is 9.36 Å². The Morgan fingerprint density at radius 2 is 1.30 bits per heavy atom. The number of aromatic amines is 2. The summed E-state index contributed by atoms with van der Waals surface area (Å²) in [4.78, 5) is 37.0. The number of nitrogens with one attached hydrogen (secondary N) is 2. The Hall–Kier alpha value is -5.66. The van der Waals surface area contributed by atoms with Gasteiger partial charge in [0.1, 0.15) is 17.2 Å². The first kappa shape index (κ1) is 30.0. The number of phenolic OH excluding ortho intramolecular Hbond substituents is 2. The number of aromatic hydroxyl groups is 2. The second-order valence-corrected chi connectivity index (χ2v) is 12.5. The number of hydrogen-bond acceptors (Lipinski definition) is 9. The van der Waals surface area contributed by atoms with Crippen molar-refractivity contribution in [1.29, 1.82) is 0 Å². The van der Waals surface area contributed by atoms with E-state index in [0.717, 1.165) is 5.56 Å². The van der Waals surface area contributed by atoms with Crippen molar-refractivity contribution >= 4 is 22.7 Å². The molecule has 13 heteroatoms. The van der Waals surface area contributed by atoms with Gasteiger partial charge >= 0.3 is 0 Å². The van der Waals surface area contributed by atoms with Gasteiger partial charge in [0, 0.05) is 45.3 Å². The normalized spacial score (nSPS) is 11.3. The largest absolute Gasteiger partial charge is 0.507 e. The van der Waals surface area contributed by atoms with Gasteiger partial charge in [-0.1, -0.05) is 30.3 Å². The van der Waals surface area contributed by atoms with Crippen LogP contribution in [-0.2, 0) is 6.42 Å². The first-order valence-corrected chi connectivity index (χ1v) is 16.3. The zero-order valence-corrected chi connectivity index (χ0v) is 27.1. The fourth-order valence-corrected chi connectivity index (χ4v) is 7.11. The lowest BCUT2D eigenvalue weighted by atomic mass is 9.95. The van der Waals surface area contributed by atoms with Gasteiger partial charge in [-0.15, -0.1) is 22.7 Å². The molecule has 47 heavy (non-hydrogen) atoms. The van der Waals surface area contributed by atoms with Gasteiger partial charge in [-0.3, -0.25) is 19.8 Å². The first-order valence-electron chi connectivity index (χ1n) is 14.5. The number of methoxy groups -OCH3 is 1. The number of para-hydroxylation sites is 2. The maximum absolute atomic E-state index is 14.0. The molecular weight excluding hydrogens is 637 g/mol. The van der Waals surface area contributed by atoms with E-state index in [1.54, 1.807) is 66.4 Å². The molecular formula is C34H28N6O5S2. The number of thiazole rings is 2. The topological polar surface area (TPSA) is 151 Å². The fraction of sp³-hybridized carbons (Fsp3) is 0.118. The minimum absolute atomic E-state index is 0.103. The van der Waals surface area contributed by atoms with Crippen LogP contribution in [0.1, 0.15) is 22.5 Å². The van der Waals surface area contributed by atoms with Crippen LogP contribution in [0.25, 0.3) is 43.9 Å². The van der Waals surface area contributed by atoms with E-state index in [1.165, 1.54) is 32.0 Å². The minimum atomic E-state index is -0.308. The highest BCUT2D eigenvalue weighted by atomic mass is 32.1. The summed E-state index contributed by atoms with van der Waals surface area (Å²) < 4.78 is 8.32. The fourth-order valence-electron chi connectivity index (χ4n) is 5.54. The first-order chi connectivity index (χ1) is 22.7. The SMILES string of the molecule is COc1ccc(Cc2c(C)[nH]n(-c3nc(-c4ccccc4O)cs3)c2=O)c(-c2c(C)[nH]n(-c3nc(-c4ccccc4O)cs3)c2=O)c1. The molecule has 0 bridgehead atoms. The molecule has 4 N–H and O–H groups in total. The number of nitrogens with zero attached hydrogens (tertiary/aromatic N) is 4. The van der Waals surface area contributed by atoms with Crippen LogP contribution in [0.5, 0.6) is 17.2 Å². The van der Waals surface area contributed by atoms with Crippen molar-refractivity contribution < 1.29 is 14.9 Å². The van der Waals surface area contributed by atoms with Crippen molar-refractivity contribution in [3.63, 3.8) is 0 Å². The average Bonchev–Trinajstić information content (AvgIpc) is 3.86. The summed E-state index contributed by atoms with van der Waals surface area (Å²) >= 11 is 2.56. The van der Waals surface area contributed by atoms with E-state index in [4.69, 9.17) is 4.74 Å². The van der Waals surface area contributed by atoms with Gasteiger partial charge < -0.3 is 14.9 Å². The molecule has 7 rings (SSSR count). The van der Waals surface area contributed by atoms with E-state index < -0.39 is 0 Å². The predicted octanol–water partition coefficient (Wildman–Crippen LogP) is 6.19. The minimum Gasteiger partial charge on any atom is -0.507 e. The Bertz CT molecular complexity index is 2390. The second kappa shape index (κ2) is 11.9. The summed E-state index contributed by atoms with van der Waals surface area (Å²) in [5, 5.41) is 31.3. The summed E-state index contributed by atoms with van der Waals surface area (Å²) in [5.74, 6) is 0.775. The summed E-state index contributed by atoms with van der Waals surface area (Å²) in [6.45, 7) is 3.64. The molecule has 4 heterocycles. The zero-order chi connectivity index (χ0) is 32.8. The highest BCUT2D eigenvalue weighted by Crippen LogP contribution is 2.34. The van der Waals surface area contributed by atoms with Crippen molar-refractivity contribution in [2.75, 3.05) is 7.11 Å². The summed E-state index contributed by atoms with van der Waals surface area (Å²) in [7, 11) is 1.56. The number of H-pyrrole nitrogens is 2. The molecule has 0 amide bonds. The second-order valence-electron chi connectivity index (χ2n) is 10.9. The van der Waals surface area contributed by atoms with Crippen LogP contribution in [0.3, 0.4) is 0 Å². The summed E-state index contributed by atoms with van der Waals surface area (Å²) in [6.07, 6.45) is 0.240. The van der Waals surface area contributed by atoms with E-state index in [0.29, 0.717) is 66.6 Å². The van der Waals surface area contributed by atoms with Gasteiger partial charge in [-0.25, -0.2) is 9.97 Å². The third kappa shape index (κ3) is 5.34. The standard InChI is InChI=1S/C34H28N6O5S2/c1-18-24(31(43)39(37-18)33-35-26(16-46-33)22-8-4-6-10-28(22)41)14-20-12-13-21(45-3)15-25(20)30-19(2)38-40(32(30)44)34-36-27(17-47-34)23-9-5-7-11-29(23)42/h4-13,15-17,37-38,41-42H,14H2,1-3H3. The third-order valence-corrected chi connectivity index (χ3v) is 9.60. The summed E-state index contributed by atoms with van der Waals surface area (Å²) in [6, 6.07) is 19.3. The lowest BCUT2D eigenvalue weighted by molar-refractivity contribution is 0.415. The molecule has 0 aliphatic carbocycles. The molecule has 3 aromatic carbocycles. The molecule has 0 saturated carbocycles. The van der Waals surface area contributed by atoms with Crippen LogP contribution in [0.4, 0.5) is 0 Å². The number of aromatic nitrogens is 6. The Morgan fingerprint density at radius 3 is 1.87 bits per heavy atom. The number of aryl methyl sites for hydroxylation is 2. The zero-order valence-electron chi connectivity index (χ0n) is 25.4. The smallest absolute Gasteiger partial charge is 0.281 e. The molecule has 0 atom stereocenters. The van der Waals surface area contributed by atoms with Gasteiger partial charge in [0.15, 0.2) is 0 Å². The highest BCUT2D eigenvalue weighted by Gasteiger charge is 2.23. The Labute approximate surface area is 275 Å². The van der Waals surface area contributed by atoms with Gasteiger partial charge in [0.2, 0.25) is 10.3 Å². The molecule has 11 nitrogen and oxygen atoms in total. The molecule has 0 spiro atoms. The molecule has 0 aliphatic heterocycles. The van der Waals surface area contributed by atoms with Crippen molar-refractivity contribution in [3.05, 3.63) is 121 Å². The number of hydrogen-bond donors (Lipinski definition) is 4. The van der Waals surface area contributed by atoms with Crippen molar-refractivity contribution in [2.45, 2.75) is 20.3 Å². The van der Waals surface area contributed by atoms with Crippen LogP contribution >= 0.6 is 22.7 Å². The van der Waals surface area contributed by atoms with E-state index in [9.17, 15) is 19.8 Å². The third-order valence-electron chi connectivity index (χ3n) is 7.95. The van der Waals surface area contributed by atoms with E-state index in [2.05, 4.69) is 20.2 Å². The van der Waals surface area contributed by atoms with Gasteiger partial charge in [-0.05, 0) is 61.4 Å². The quantitative estimate of drug-likeness (QED) is 0.151. The molecule has 7 aromatic rings. The number of phenols is 2. The van der Waals surface area contributed by atoms with E-state index >= 15 is 0 Å². The van der Waals surface area contributed by atoms with Crippen LogP contribution < -0.4 is 15.9 Å². The number of rotatable bonds is 8. The van der Waals surface area contributed by atoms with Crippen LogP contribution in [-0.4, -0.2) is 46.9 Å². The van der Waals surface area contributed by atoms with Crippen LogP contribution in [0, 0.1) is 13.8 Å². The molecule has 236 valence electrons. The molecule has 0 aliphatic rings. The lowest BCUT2D eigenvalue weighted by Gasteiger charge is -2.10. The predicted molar refractivity (Wildman–Crippen MR) is 183 cm³/mol. The van der Waals surface area contributed by atoms with Crippen molar-refractivity contribution in [1.82, 2.24) is 29.5 Å². The lowest BCUT2D eigenvalue weighted by Crippen LogP contribution is -2.18. The maximum atomic E-state index is 14.0. The van der Waals surface area contributed by atoms with Gasteiger partial charge in [0.25, 0.3) is 11.1 Å². The number of ether oxygens (including phenoxy) is 1. The Balaban J connectivity index is 1.26. The number of benzene rings is 3. The Kier molecular flexibility index (Phi) is 7.62. The van der Waals surface area contributed by atoms with Crippen molar-refractivity contribution in [2.24, 2.45) is 0 Å². The van der Waals surface area contributed by atoms with Crippen LogP contribution in [0.15, 0.2) is 87.1 Å². The van der Waals surface area contributed by atoms with Crippen LogP contribution in [0.2, 0.25) is 0 Å². The van der Waals surface area contributed by atoms with Crippen molar-refractivity contribution in [3.8, 4) is 61.2 Å². The summed E-state index contributed by atoms with van der Waals surface area (Å²) in [5.41, 5.74) is 5.32. The highest BCUT2D eigenvalue weighted by molar-refractivity contribution is 7.12. The monoisotopic (exact) mass is 664 g/mol. The molecule has 0 unspecified atom stereocenters. The van der Waals surface area contributed by atoms with E-state index in [-0.39, 0.29) is 29.0 Å². The van der Waals surface area contributed by atoms with Gasteiger partial charge in [0.05, 0.1) is 24.1 Å². The Morgan fingerprint density at radius 1 is 0.745 bits per heavy atom. The molecule has 0 fully saturated rings. The molecule has 0 radical (unpaired) electrons. The molecule has 4 aromatic heterocycles. The maximum Gasteiger partial charge on any atom is 0.281 e. The molecule has 0 saturated heterocycles. The van der Waals surface area contributed by atoms with E-state index in [1.807, 2.05) is 32.0 Å².